The molecule has 0 unspecified atom stereocenters. The zero-order chi connectivity index (χ0) is 25.2. The standard InChI is InChI=1S/C26H25N.C7H7Cl/c1-19(2)20(3)18-21(4)27-26-16-14-25(15-17-26)24-12-10-23(11-13-24)22-8-6-5-7-9-22;1-6-3-2-4-7(8)5-6/h5-18,27H,1,4H2,2-3H3;2-5H,1H3/b20-18-;. The molecule has 4 aromatic carbocycles. The SMILES string of the molecule is C=C(/C=C(/C)C(=C)C)Nc1ccc(-c2ccc(-c3ccccc3)cc2)cc1.Cc1cccc(Cl)c1. The van der Waals surface area contributed by atoms with E-state index in [1.54, 1.807) is 0 Å². The number of allylic oxidation sites excluding steroid dienone is 3. The minimum absolute atomic E-state index is 0.810. The van der Waals surface area contributed by atoms with Gasteiger partial charge in [0.25, 0.3) is 0 Å². The fourth-order valence-electron chi connectivity index (χ4n) is 3.44. The zero-order valence-corrected chi connectivity index (χ0v) is 21.4. The monoisotopic (exact) mass is 477 g/mol. The average molecular weight is 478 g/mol. The molecule has 1 nitrogen and oxygen atoms in total. The molecule has 0 radical (unpaired) electrons. The fourth-order valence-corrected chi connectivity index (χ4v) is 3.69. The van der Waals surface area contributed by atoms with Crippen molar-refractivity contribution >= 4 is 17.3 Å². The van der Waals surface area contributed by atoms with E-state index in [0.717, 1.165) is 27.6 Å². The van der Waals surface area contributed by atoms with Crippen LogP contribution in [0.25, 0.3) is 22.3 Å². The molecule has 4 rings (SSSR count). The van der Waals surface area contributed by atoms with E-state index in [9.17, 15) is 0 Å². The second-order valence-electron chi connectivity index (χ2n) is 8.58. The van der Waals surface area contributed by atoms with Gasteiger partial charge in [-0.2, -0.15) is 0 Å². The number of benzene rings is 4. The first-order chi connectivity index (χ1) is 16.8. The molecular weight excluding hydrogens is 446 g/mol. The molecular formula is C33H32ClN. The molecule has 0 spiro atoms. The normalized spacial score (nSPS) is 10.7. The number of hydrogen-bond donors (Lipinski definition) is 1. The molecule has 0 aliphatic carbocycles. The predicted octanol–water partition coefficient (Wildman–Crippen LogP) is 10.1. The molecule has 176 valence electrons. The molecule has 4 aromatic rings. The van der Waals surface area contributed by atoms with E-state index < -0.39 is 0 Å². The van der Waals surface area contributed by atoms with Crippen molar-refractivity contribution in [3.63, 3.8) is 0 Å². The zero-order valence-electron chi connectivity index (χ0n) is 20.7. The van der Waals surface area contributed by atoms with E-state index in [1.165, 1.54) is 27.8 Å². The second kappa shape index (κ2) is 12.6. The van der Waals surface area contributed by atoms with Gasteiger partial charge in [-0.15, -0.1) is 0 Å². The Morgan fingerprint density at radius 1 is 0.686 bits per heavy atom. The first kappa shape index (κ1) is 25.8. The molecule has 2 heteroatoms. The van der Waals surface area contributed by atoms with Gasteiger partial charge >= 0.3 is 0 Å². The Kier molecular flexibility index (Phi) is 9.29. The largest absolute Gasteiger partial charge is 0.356 e. The van der Waals surface area contributed by atoms with Crippen LogP contribution in [-0.2, 0) is 0 Å². The molecule has 35 heavy (non-hydrogen) atoms. The van der Waals surface area contributed by atoms with Crippen molar-refractivity contribution in [1.82, 2.24) is 0 Å². The lowest BCUT2D eigenvalue weighted by molar-refractivity contribution is 1.34. The van der Waals surface area contributed by atoms with E-state index in [0.29, 0.717) is 0 Å². The number of halogens is 1. The maximum absolute atomic E-state index is 5.64. The highest BCUT2D eigenvalue weighted by atomic mass is 35.5. The summed E-state index contributed by atoms with van der Waals surface area (Å²) in [6.45, 7) is 14.1. The Morgan fingerprint density at radius 3 is 1.66 bits per heavy atom. The minimum atomic E-state index is 0.810. The van der Waals surface area contributed by atoms with Gasteiger partial charge in [-0.3, -0.25) is 0 Å². The van der Waals surface area contributed by atoms with E-state index in [1.807, 2.05) is 57.2 Å². The van der Waals surface area contributed by atoms with Crippen LogP contribution in [0.3, 0.4) is 0 Å². The molecule has 0 amide bonds. The van der Waals surface area contributed by atoms with Gasteiger partial charge in [-0.25, -0.2) is 0 Å². The lowest BCUT2D eigenvalue weighted by Crippen LogP contribution is -1.96. The summed E-state index contributed by atoms with van der Waals surface area (Å²) >= 11 is 5.64. The van der Waals surface area contributed by atoms with Crippen molar-refractivity contribution in [1.29, 1.82) is 0 Å². The van der Waals surface area contributed by atoms with E-state index >= 15 is 0 Å². The third kappa shape index (κ3) is 8.17. The third-order valence-electron chi connectivity index (χ3n) is 5.56. The molecule has 0 saturated carbocycles. The number of nitrogens with one attached hydrogen (secondary N) is 1. The quantitative estimate of drug-likeness (QED) is 0.272. The van der Waals surface area contributed by atoms with Crippen LogP contribution >= 0.6 is 11.6 Å². The predicted molar refractivity (Wildman–Crippen MR) is 155 cm³/mol. The van der Waals surface area contributed by atoms with E-state index in [4.69, 9.17) is 11.6 Å². The highest BCUT2D eigenvalue weighted by molar-refractivity contribution is 6.30. The summed E-state index contributed by atoms with van der Waals surface area (Å²) in [5.74, 6) is 0. The summed E-state index contributed by atoms with van der Waals surface area (Å²) < 4.78 is 0. The van der Waals surface area contributed by atoms with Crippen LogP contribution in [-0.4, -0.2) is 0 Å². The lowest BCUT2D eigenvalue weighted by atomic mass is 10.0. The number of anilines is 1. The summed E-state index contributed by atoms with van der Waals surface area (Å²) in [4.78, 5) is 0. The minimum Gasteiger partial charge on any atom is -0.356 e. The summed E-state index contributed by atoms with van der Waals surface area (Å²) in [5.41, 5.74) is 10.1. The van der Waals surface area contributed by atoms with Crippen LogP contribution in [0.1, 0.15) is 19.4 Å². The topological polar surface area (TPSA) is 12.0 Å². The maximum atomic E-state index is 5.64. The Bertz CT molecular complexity index is 1280. The van der Waals surface area contributed by atoms with Crippen LogP contribution < -0.4 is 5.32 Å². The summed E-state index contributed by atoms with van der Waals surface area (Å²) in [5, 5.41) is 4.14. The van der Waals surface area contributed by atoms with Crippen molar-refractivity contribution in [3.05, 3.63) is 150 Å². The Labute approximate surface area is 215 Å². The summed E-state index contributed by atoms with van der Waals surface area (Å²) in [6, 6.07) is 35.3. The summed E-state index contributed by atoms with van der Waals surface area (Å²) in [7, 11) is 0. The molecule has 0 bridgehead atoms. The fraction of sp³-hybridized carbons (Fsp3) is 0.0909. The Balaban J connectivity index is 0.000000363. The molecule has 1 N–H and O–H groups in total. The van der Waals surface area contributed by atoms with E-state index in [2.05, 4.69) is 91.3 Å². The number of rotatable bonds is 6. The first-order valence-electron chi connectivity index (χ1n) is 11.6. The van der Waals surface area contributed by atoms with Gasteiger partial charge in [0.05, 0.1) is 0 Å². The third-order valence-corrected chi connectivity index (χ3v) is 5.79. The molecule has 0 aliphatic rings. The molecule has 0 fully saturated rings. The van der Waals surface area contributed by atoms with Crippen LogP contribution in [0.4, 0.5) is 5.69 Å². The van der Waals surface area contributed by atoms with Crippen molar-refractivity contribution in [2.75, 3.05) is 5.32 Å². The second-order valence-corrected chi connectivity index (χ2v) is 9.01. The van der Waals surface area contributed by atoms with Gasteiger partial charge in [-0.05, 0) is 84.5 Å². The molecule has 0 atom stereocenters. The lowest BCUT2D eigenvalue weighted by Gasteiger charge is -2.09. The van der Waals surface area contributed by atoms with E-state index in [-0.39, 0.29) is 0 Å². The van der Waals surface area contributed by atoms with Gasteiger partial charge in [-0.1, -0.05) is 109 Å². The smallest absolute Gasteiger partial charge is 0.0408 e. The average Bonchev–Trinajstić information content (AvgIpc) is 2.85. The van der Waals surface area contributed by atoms with Crippen molar-refractivity contribution < 1.29 is 0 Å². The summed E-state index contributed by atoms with van der Waals surface area (Å²) in [6.07, 6.45) is 2.01. The van der Waals surface area contributed by atoms with Crippen LogP contribution in [0.5, 0.6) is 0 Å². The van der Waals surface area contributed by atoms with Crippen LogP contribution in [0, 0.1) is 6.92 Å². The van der Waals surface area contributed by atoms with Gasteiger partial charge in [0.1, 0.15) is 0 Å². The van der Waals surface area contributed by atoms with Gasteiger partial charge in [0, 0.05) is 16.4 Å². The number of hydrogen-bond acceptors (Lipinski definition) is 1. The van der Waals surface area contributed by atoms with Crippen LogP contribution in [0.2, 0.25) is 5.02 Å². The van der Waals surface area contributed by atoms with Crippen LogP contribution in [0.15, 0.2) is 139 Å². The highest BCUT2D eigenvalue weighted by Crippen LogP contribution is 2.26. The van der Waals surface area contributed by atoms with Crippen molar-refractivity contribution in [2.24, 2.45) is 0 Å². The molecule has 0 aromatic heterocycles. The van der Waals surface area contributed by atoms with Crippen molar-refractivity contribution in [2.45, 2.75) is 20.8 Å². The maximum Gasteiger partial charge on any atom is 0.0408 e. The van der Waals surface area contributed by atoms with Gasteiger partial charge in [0.2, 0.25) is 0 Å². The first-order valence-corrected chi connectivity index (χ1v) is 12.0. The molecule has 0 heterocycles. The molecule has 0 saturated heterocycles. The Morgan fingerprint density at radius 2 is 1.20 bits per heavy atom. The van der Waals surface area contributed by atoms with Gasteiger partial charge in [0.15, 0.2) is 0 Å². The van der Waals surface area contributed by atoms with Crippen molar-refractivity contribution in [3.8, 4) is 22.3 Å². The van der Waals surface area contributed by atoms with Gasteiger partial charge < -0.3 is 5.32 Å². The highest BCUT2D eigenvalue weighted by Gasteiger charge is 2.01. The number of aryl methyl sites for hydroxylation is 1. The molecule has 0 aliphatic heterocycles. The Hall–Kier alpha value is -3.81.